The van der Waals surface area contributed by atoms with Gasteiger partial charge in [-0.15, -0.1) is 0 Å². The van der Waals surface area contributed by atoms with Crippen molar-refractivity contribution in [3.05, 3.63) is 92.4 Å². The summed E-state index contributed by atoms with van der Waals surface area (Å²) in [7, 11) is 0. The van der Waals surface area contributed by atoms with Crippen molar-refractivity contribution in [3.8, 4) is 6.07 Å². The number of anilines is 1. The van der Waals surface area contributed by atoms with Gasteiger partial charge in [-0.1, -0.05) is 44.2 Å². The molecule has 1 aliphatic carbocycles. The van der Waals surface area contributed by atoms with Crippen molar-refractivity contribution in [1.82, 2.24) is 0 Å². The maximum atomic E-state index is 13.5. The van der Waals surface area contributed by atoms with Crippen LogP contribution in [0, 0.1) is 33.8 Å². The highest BCUT2D eigenvalue weighted by atomic mass is 16.6. The zero-order chi connectivity index (χ0) is 23.2. The second-order valence-electron chi connectivity index (χ2n) is 9.12. The van der Waals surface area contributed by atoms with Crippen molar-refractivity contribution in [2.75, 3.05) is 4.90 Å². The van der Waals surface area contributed by atoms with Crippen LogP contribution in [0.25, 0.3) is 0 Å². The van der Waals surface area contributed by atoms with Crippen LogP contribution in [-0.4, -0.2) is 10.7 Å². The maximum absolute atomic E-state index is 13.5. The first-order valence-corrected chi connectivity index (χ1v) is 10.4. The van der Waals surface area contributed by atoms with Gasteiger partial charge >= 0.3 is 0 Å². The van der Waals surface area contributed by atoms with Crippen molar-refractivity contribution in [2.45, 2.75) is 39.5 Å². The number of carbonyl (C=O) groups excluding carboxylic acids is 1. The molecule has 0 aromatic heterocycles. The molecule has 7 nitrogen and oxygen atoms in total. The van der Waals surface area contributed by atoms with Crippen LogP contribution in [-0.2, 0) is 4.79 Å². The van der Waals surface area contributed by atoms with E-state index in [1.807, 2.05) is 49.9 Å². The fourth-order valence-corrected chi connectivity index (χ4v) is 4.72. The Balaban J connectivity index is 1.98. The van der Waals surface area contributed by atoms with Crippen LogP contribution in [0.4, 0.5) is 11.4 Å². The van der Waals surface area contributed by atoms with E-state index in [1.54, 1.807) is 12.1 Å². The van der Waals surface area contributed by atoms with Crippen LogP contribution in [0.3, 0.4) is 0 Å². The number of hydrogen-bond acceptors (Lipinski definition) is 6. The number of carbonyl (C=O) groups is 1. The molecule has 0 saturated heterocycles. The number of non-ortho nitro benzene ring substituents is 1. The molecule has 162 valence electrons. The minimum Gasteiger partial charge on any atom is -0.384 e. The second-order valence-corrected chi connectivity index (χ2v) is 9.12. The van der Waals surface area contributed by atoms with Gasteiger partial charge in [0.2, 0.25) is 0 Å². The Morgan fingerprint density at radius 3 is 2.41 bits per heavy atom. The van der Waals surface area contributed by atoms with Gasteiger partial charge in [0.25, 0.3) is 5.69 Å². The molecule has 7 heteroatoms. The number of rotatable bonds is 3. The molecule has 1 aliphatic heterocycles. The Bertz CT molecular complexity index is 1230. The summed E-state index contributed by atoms with van der Waals surface area (Å²) in [6.45, 7) is 6.06. The number of nitro groups is 1. The summed E-state index contributed by atoms with van der Waals surface area (Å²) in [6.07, 6.45) is 0.973. The van der Waals surface area contributed by atoms with E-state index in [4.69, 9.17) is 5.73 Å². The van der Waals surface area contributed by atoms with Crippen molar-refractivity contribution < 1.29 is 9.72 Å². The molecule has 0 bridgehead atoms. The van der Waals surface area contributed by atoms with Gasteiger partial charge in [-0.05, 0) is 36.0 Å². The molecule has 0 radical (unpaired) electrons. The summed E-state index contributed by atoms with van der Waals surface area (Å²) in [4.78, 5) is 25.9. The van der Waals surface area contributed by atoms with Crippen molar-refractivity contribution in [1.29, 1.82) is 5.26 Å². The zero-order valence-corrected chi connectivity index (χ0v) is 18.3. The minimum absolute atomic E-state index is 0.0292. The van der Waals surface area contributed by atoms with Gasteiger partial charge in [-0.25, -0.2) is 0 Å². The first kappa shape index (κ1) is 21.3. The fourth-order valence-electron chi connectivity index (χ4n) is 4.72. The van der Waals surface area contributed by atoms with Gasteiger partial charge < -0.3 is 5.73 Å². The van der Waals surface area contributed by atoms with Gasteiger partial charge in [0.15, 0.2) is 5.78 Å². The molecule has 4 rings (SSSR count). The Morgan fingerprint density at radius 1 is 1.16 bits per heavy atom. The number of nitrogens with two attached hydrogens (primary N) is 1. The summed E-state index contributed by atoms with van der Waals surface area (Å²) >= 11 is 0. The molecule has 2 aromatic rings. The SMILES string of the molecule is Cc1ccccc1N1C(N)=C(C#N)[C@@H](c2ccc([N+](=O)[O-])cc2)C2=C1CC(C)(C)CC2=O. The van der Waals surface area contributed by atoms with Gasteiger partial charge in [0, 0.05) is 29.8 Å². The lowest BCUT2D eigenvalue weighted by Crippen LogP contribution is -2.42. The topological polar surface area (TPSA) is 113 Å². The van der Waals surface area contributed by atoms with E-state index in [-0.39, 0.29) is 28.3 Å². The molecule has 0 amide bonds. The van der Waals surface area contributed by atoms with E-state index in [9.17, 15) is 20.2 Å². The molecule has 0 spiro atoms. The standard InChI is InChI=1S/C25H24N4O3/c1-15-6-4-5-7-19(15)28-20-12-25(2,3)13-21(30)23(20)22(18(14-26)24(28)27)16-8-10-17(11-9-16)29(31)32/h4-11,22H,12-13,27H2,1-3H3/t22-/m1/s1. The predicted octanol–water partition coefficient (Wildman–Crippen LogP) is 4.84. The van der Waals surface area contributed by atoms with Crippen LogP contribution in [0.2, 0.25) is 0 Å². The highest BCUT2D eigenvalue weighted by Gasteiger charge is 2.44. The lowest BCUT2D eigenvalue weighted by atomic mass is 9.68. The van der Waals surface area contributed by atoms with Crippen LogP contribution < -0.4 is 10.6 Å². The fraction of sp³-hybridized carbons (Fsp3) is 0.280. The second kappa shape index (κ2) is 7.65. The lowest BCUT2D eigenvalue weighted by molar-refractivity contribution is -0.384. The molecule has 0 saturated carbocycles. The molecule has 32 heavy (non-hydrogen) atoms. The average Bonchev–Trinajstić information content (AvgIpc) is 2.73. The van der Waals surface area contributed by atoms with Gasteiger partial charge in [-0.2, -0.15) is 5.26 Å². The van der Waals surface area contributed by atoms with Crippen molar-refractivity contribution in [3.63, 3.8) is 0 Å². The molecule has 1 heterocycles. The highest BCUT2D eigenvalue weighted by molar-refractivity contribution is 6.01. The molecular formula is C25H24N4O3. The third-order valence-electron chi connectivity index (χ3n) is 6.17. The number of aryl methyl sites for hydroxylation is 1. The number of hydrogen-bond donors (Lipinski definition) is 1. The summed E-state index contributed by atoms with van der Waals surface area (Å²) in [6, 6.07) is 16.0. The van der Waals surface area contributed by atoms with Crippen molar-refractivity contribution >= 4 is 17.2 Å². The van der Waals surface area contributed by atoms with Crippen LogP contribution >= 0.6 is 0 Å². The van der Waals surface area contributed by atoms with Gasteiger partial charge in [0.1, 0.15) is 5.82 Å². The van der Waals surface area contributed by atoms with Crippen LogP contribution in [0.15, 0.2) is 71.2 Å². The zero-order valence-electron chi connectivity index (χ0n) is 18.3. The molecule has 2 aliphatic rings. The first-order valence-electron chi connectivity index (χ1n) is 10.4. The molecular weight excluding hydrogens is 404 g/mol. The number of Topliss-reactive ketones (excluding diaryl/α,β-unsaturated/α-hetero) is 1. The average molecular weight is 428 g/mol. The third kappa shape index (κ3) is 3.44. The Morgan fingerprint density at radius 2 is 1.81 bits per heavy atom. The van der Waals surface area contributed by atoms with E-state index >= 15 is 0 Å². The Hall–Kier alpha value is -3.92. The minimum atomic E-state index is -0.653. The summed E-state index contributed by atoms with van der Waals surface area (Å²) in [5, 5.41) is 21.2. The number of nitro benzene ring substituents is 1. The van der Waals surface area contributed by atoms with E-state index in [0.717, 1.165) is 16.9 Å². The maximum Gasteiger partial charge on any atom is 0.269 e. The Kier molecular flexibility index (Phi) is 5.09. The van der Waals surface area contributed by atoms with E-state index in [2.05, 4.69) is 6.07 Å². The summed E-state index contributed by atoms with van der Waals surface area (Å²) < 4.78 is 0. The molecule has 2 N–H and O–H groups in total. The monoisotopic (exact) mass is 428 g/mol. The first-order chi connectivity index (χ1) is 15.1. The van der Waals surface area contributed by atoms with Crippen LogP contribution in [0.5, 0.6) is 0 Å². The lowest BCUT2D eigenvalue weighted by Gasteiger charge is -2.44. The molecule has 1 atom stereocenters. The van der Waals surface area contributed by atoms with Crippen molar-refractivity contribution in [2.24, 2.45) is 11.1 Å². The number of ketones is 1. The highest BCUT2D eigenvalue weighted by Crippen LogP contribution is 2.50. The summed E-state index contributed by atoms with van der Waals surface area (Å²) in [5.41, 5.74) is 10.4. The third-order valence-corrected chi connectivity index (χ3v) is 6.17. The number of allylic oxidation sites excluding steroid dienone is 3. The molecule has 0 fully saturated rings. The van der Waals surface area contributed by atoms with Crippen LogP contribution in [0.1, 0.15) is 43.7 Å². The summed E-state index contributed by atoms with van der Waals surface area (Å²) in [5.74, 6) is -0.396. The van der Waals surface area contributed by atoms with E-state index < -0.39 is 10.8 Å². The number of benzene rings is 2. The predicted molar refractivity (Wildman–Crippen MR) is 121 cm³/mol. The number of nitriles is 1. The number of para-hydroxylation sites is 1. The largest absolute Gasteiger partial charge is 0.384 e. The molecule has 0 unspecified atom stereocenters. The normalized spacial score (nSPS) is 20.1. The van der Waals surface area contributed by atoms with E-state index in [0.29, 0.717) is 24.0 Å². The quantitative estimate of drug-likeness (QED) is 0.552. The van der Waals surface area contributed by atoms with E-state index in [1.165, 1.54) is 12.1 Å². The molecule has 2 aromatic carbocycles. The smallest absolute Gasteiger partial charge is 0.269 e. The Labute approximate surface area is 186 Å². The van der Waals surface area contributed by atoms with Gasteiger partial charge in [0.05, 0.1) is 28.2 Å². The number of nitrogens with zero attached hydrogens (tertiary/aromatic N) is 3. The van der Waals surface area contributed by atoms with Gasteiger partial charge in [-0.3, -0.25) is 19.8 Å².